The SMILES string of the molecule is Cc1sc2c(Br)c3ccccc3c(-c3ccc(OS(=O)(=O)c4ccccc4C(=O)O)c(C4CCCC4)c3)c2c1C. The van der Waals surface area contributed by atoms with Crippen molar-refractivity contribution in [2.75, 3.05) is 0 Å². The van der Waals surface area contributed by atoms with Crippen LogP contribution in [0.15, 0.2) is 76.1 Å². The van der Waals surface area contributed by atoms with Gasteiger partial charge >= 0.3 is 16.1 Å². The van der Waals surface area contributed by atoms with Crippen molar-refractivity contribution in [3.8, 4) is 16.9 Å². The van der Waals surface area contributed by atoms with Crippen LogP contribution in [-0.2, 0) is 10.1 Å². The molecule has 1 N–H and O–H groups in total. The smallest absolute Gasteiger partial charge is 0.340 e. The molecule has 1 fully saturated rings. The molecule has 0 bridgehead atoms. The summed E-state index contributed by atoms with van der Waals surface area (Å²) in [4.78, 5) is 12.6. The fourth-order valence-electron chi connectivity index (χ4n) is 5.89. The van der Waals surface area contributed by atoms with Gasteiger partial charge in [0.15, 0.2) is 0 Å². The molecule has 1 aliphatic rings. The Morgan fingerprint density at radius 2 is 1.65 bits per heavy atom. The number of aryl methyl sites for hydroxylation is 2. The molecule has 8 heteroatoms. The molecular weight excluding hydrogens is 608 g/mol. The number of hydrogen-bond donors (Lipinski definition) is 1. The molecular formula is C32H27BrO5S2. The van der Waals surface area contributed by atoms with Crippen molar-refractivity contribution < 1.29 is 22.5 Å². The van der Waals surface area contributed by atoms with Gasteiger partial charge in [0.2, 0.25) is 0 Å². The van der Waals surface area contributed by atoms with Crippen LogP contribution in [0.25, 0.3) is 32.0 Å². The van der Waals surface area contributed by atoms with E-state index < -0.39 is 16.1 Å². The third-order valence-electron chi connectivity index (χ3n) is 7.95. The highest BCUT2D eigenvalue weighted by Gasteiger charge is 2.29. The zero-order valence-electron chi connectivity index (χ0n) is 22.0. The van der Waals surface area contributed by atoms with Gasteiger partial charge in [0.25, 0.3) is 0 Å². The third kappa shape index (κ3) is 4.52. The maximum Gasteiger partial charge on any atom is 0.340 e. The lowest BCUT2D eigenvalue weighted by molar-refractivity contribution is 0.0692. The number of halogens is 1. The predicted molar refractivity (Wildman–Crippen MR) is 164 cm³/mol. The minimum atomic E-state index is -4.38. The monoisotopic (exact) mass is 634 g/mol. The molecule has 0 radical (unpaired) electrons. The number of fused-ring (bicyclic) bond motifs is 2. The number of benzene rings is 4. The average Bonchev–Trinajstić information content (AvgIpc) is 3.58. The first-order valence-corrected chi connectivity index (χ1v) is 16.2. The predicted octanol–water partition coefficient (Wildman–Crippen LogP) is 9.22. The maximum atomic E-state index is 13.4. The van der Waals surface area contributed by atoms with Gasteiger partial charge in [-0.25, -0.2) is 4.79 Å². The Morgan fingerprint density at radius 1 is 0.975 bits per heavy atom. The van der Waals surface area contributed by atoms with Crippen molar-refractivity contribution in [1.82, 2.24) is 0 Å². The van der Waals surface area contributed by atoms with E-state index in [0.29, 0.717) is 0 Å². The van der Waals surface area contributed by atoms with Gasteiger partial charge in [0.1, 0.15) is 10.6 Å². The van der Waals surface area contributed by atoms with E-state index in [-0.39, 0.29) is 22.1 Å². The summed E-state index contributed by atoms with van der Waals surface area (Å²) >= 11 is 5.64. The number of carboxylic acids is 1. The number of carboxylic acid groups (broad SMARTS) is 1. The highest BCUT2D eigenvalue weighted by atomic mass is 79.9. The first kappa shape index (κ1) is 27.0. The van der Waals surface area contributed by atoms with E-state index in [1.54, 1.807) is 17.4 Å². The van der Waals surface area contributed by atoms with Crippen LogP contribution < -0.4 is 4.18 Å². The zero-order chi connectivity index (χ0) is 28.2. The van der Waals surface area contributed by atoms with E-state index in [4.69, 9.17) is 4.18 Å². The molecule has 0 spiro atoms. The highest BCUT2D eigenvalue weighted by molar-refractivity contribution is 9.11. The largest absolute Gasteiger partial charge is 0.478 e. The van der Waals surface area contributed by atoms with Gasteiger partial charge in [0, 0.05) is 14.7 Å². The van der Waals surface area contributed by atoms with Crippen LogP contribution in [0, 0.1) is 13.8 Å². The quantitative estimate of drug-likeness (QED) is 0.188. The number of rotatable bonds is 6. The van der Waals surface area contributed by atoms with E-state index >= 15 is 0 Å². The molecule has 1 aliphatic carbocycles. The van der Waals surface area contributed by atoms with E-state index in [2.05, 4.69) is 48.0 Å². The Hall–Kier alpha value is -3.20. The van der Waals surface area contributed by atoms with Gasteiger partial charge in [-0.05, 0) is 106 Å². The molecule has 5 aromatic rings. The van der Waals surface area contributed by atoms with E-state index in [1.165, 1.54) is 44.8 Å². The fraction of sp³-hybridized carbons (Fsp3) is 0.219. The molecule has 40 heavy (non-hydrogen) atoms. The van der Waals surface area contributed by atoms with Crippen molar-refractivity contribution >= 4 is 64.2 Å². The maximum absolute atomic E-state index is 13.4. The number of thiophene rings is 1. The van der Waals surface area contributed by atoms with Crippen molar-refractivity contribution in [3.63, 3.8) is 0 Å². The van der Waals surface area contributed by atoms with Crippen molar-refractivity contribution in [2.45, 2.75) is 50.3 Å². The third-order valence-corrected chi connectivity index (χ3v) is 11.6. The Bertz CT molecular complexity index is 1920. The molecule has 0 saturated heterocycles. The number of aromatic carboxylic acids is 1. The van der Waals surface area contributed by atoms with Gasteiger partial charge in [-0.2, -0.15) is 8.42 Å². The molecule has 204 valence electrons. The Kier molecular flexibility index (Phi) is 6.97. The standard InChI is InChI=1S/C32H27BrO5S2/c1-18-19(2)39-31-28(18)29(22-11-5-6-12-23(22)30(31)33)21-15-16-26(25(17-21)20-9-3-4-10-20)38-40(36,37)27-14-8-7-13-24(27)32(34)35/h5-8,11-17,20H,3-4,9-10H2,1-2H3,(H,34,35). The van der Waals surface area contributed by atoms with E-state index in [0.717, 1.165) is 57.6 Å². The van der Waals surface area contributed by atoms with E-state index in [1.807, 2.05) is 18.2 Å². The Labute approximate surface area is 245 Å². The lowest BCUT2D eigenvalue weighted by atomic mass is 9.89. The normalized spacial score (nSPS) is 14.3. The van der Waals surface area contributed by atoms with Gasteiger partial charge in [-0.3, -0.25) is 0 Å². The molecule has 6 rings (SSSR count). The molecule has 0 unspecified atom stereocenters. The summed E-state index contributed by atoms with van der Waals surface area (Å²) in [6, 6.07) is 19.6. The summed E-state index contributed by atoms with van der Waals surface area (Å²) < 4.78 is 34.8. The zero-order valence-corrected chi connectivity index (χ0v) is 25.3. The van der Waals surface area contributed by atoms with Crippen molar-refractivity contribution in [1.29, 1.82) is 0 Å². The second-order valence-electron chi connectivity index (χ2n) is 10.3. The molecule has 0 amide bonds. The first-order chi connectivity index (χ1) is 19.2. The molecule has 1 aromatic heterocycles. The molecule has 1 saturated carbocycles. The summed E-state index contributed by atoms with van der Waals surface area (Å²) in [5.41, 5.74) is 3.90. The van der Waals surface area contributed by atoms with E-state index in [9.17, 15) is 18.3 Å². The topological polar surface area (TPSA) is 80.7 Å². The summed E-state index contributed by atoms with van der Waals surface area (Å²) in [5, 5.41) is 13.0. The second kappa shape index (κ2) is 10.3. The second-order valence-corrected chi connectivity index (χ2v) is 13.8. The van der Waals surface area contributed by atoms with Gasteiger partial charge in [0.05, 0.1) is 10.3 Å². The van der Waals surface area contributed by atoms with Crippen LogP contribution in [0.1, 0.15) is 58.0 Å². The van der Waals surface area contributed by atoms with Crippen LogP contribution in [0.2, 0.25) is 0 Å². The molecule has 0 aliphatic heterocycles. The first-order valence-electron chi connectivity index (χ1n) is 13.2. The van der Waals surface area contributed by atoms with Gasteiger partial charge < -0.3 is 9.29 Å². The van der Waals surface area contributed by atoms with Gasteiger partial charge in [-0.1, -0.05) is 55.3 Å². The Balaban J connectivity index is 1.56. The molecule has 4 aromatic carbocycles. The minimum absolute atomic E-state index is 0.155. The molecule has 1 heterocycles. The summed E-state index contributed by atoms with van der Waals surface area (Å²) in [6.07, 6.45) is 4.02. The highest BCUT2D eigenvalue weighted by Crippen LogP contribution is 2.49. The minimum Gasteiger partial charge on any atom is -0.478 e. The van der Waals surface area contributed by atoms with Crippen molar-refractivity contribution in [2.24, 2.45) is 0 Å². The number of carbonyl (C=O) groups is 1. The molecule has 0 atom stereocenters. The van der Waals surface area contributed by atoms with Crippen LogP contribution >= 0.6 is 27.3 Å². The fourth-order valence-corrected chi connectivity index (χ4v) is 8.94. The lowest BCUT2D eigenvalue weighted by Gasteiger charge is -2.19. The summed E-state index contributed by atoms with van der Waals surface area (Å²) in [6.45, 7) is 4.29. The lowest BCUT2D eigenvalue weighted by Crippen LogP contribution is -2.15. The van der Waals surface area contributed by atoms with Crippen LogP contribution in [0.5, 0.6) is 5.75 Å². The Morgan fingerprint density at radius 3 is 2.38 bits per heavy atom. The average molecular weight is 636 g/mol. The summed E-state index contributed by atoms with van der Waals surface area (Å²) in [7, 11) is -4.38. The molecule has 5 nitrogen and oxygen atoms in total. The number of hydrogen-bond acceptors (Lipinski definition) is 5. The van der Waals surface area contributed by atoms with Crippen LogP contribution in [0.4, 0.5) is 0 Å². The van der Waals surface area contributed by atoms with Crippen molar-refractivity contribution in [3.05, 3.63) is 92.8 Å². The van der Waals surface area contributed by atoms with Crippen LogP contribution in [0.3, 0.4) is 0 Å². The van der Waals surface area contributed by atoms with Gasteiger partial charge in [-0.15, -0.1) is 11.3 Å². The summed E-state index contributed by atoms with van der Waals surface area (Å²) in [5.74, 6) is -0.907. The van der Waals surface area contributed by atoms with Crippen LogP contribution in [-0.4, -0.2) is 19.5 Å².